The molecule has 0 saturated heterocycles. The van der Waals surface area contributed by atoms with E-state index < -0.39 is 104 Å². The molecule has 0 bridgehead atoms. The van der Waals surface area contributed by atoms with E-state index in [9.17, 15) is 75.1 Å². The summed E-state index contributed by atoms with van der Waals surface area (Å²) in [5.41, 5.74) is 12.2. The second-order valence-electron chi connectivity index (χ2n) is 13.0. The number of nitrogen functional groups attached to an aromatic ring is 3. The number of aromatic hydroxyl groups is 2. The number of hydrogen-bond donors (Lipinski definition) is 11. The maximum Gasteiger partial charge on any atom is 0.300 e. The molecular formula is C34H29N6O17S5+. The number of hydrogen-bond acceptors (Lipinski definition) is 17. The lowest BCUT2D eigenvalue weighted by Gasteiger charge is -2.14. The molecule has 0 atom stereocenters. The molecule has 23 nitrogen and oxygen atoms in total. The van der Waals surface area contributed by atoms with Crippen molar-refractivity contribution < 1.29 is 80.5 Å². The van der Waals surface area contributed by atoms with Crippen LogP contribution < -0.4 is 22.3 Å². The highest BCUT2D eigenvalue weighted by Gasteiger charge is 2.28. The topological polar surface area (TPSA) is 418 Å². The van der Waals surface area contributed by atoms with Crippen molar-refractivity contribution in [3.8, 4) is 11.5 Å². The Morgan fingerprint density at radius 3 is 1.69 bits per heavy atom. The summed E-state index contributed by atoms with van der Waals surface area (Å²) in [6, 6.07) is 13.4. The van der Waals surface area contributed by atoms with Gasteiger partial charge in [-0.25, -0.2) is 10.9 Å². The highest BCUT2D eigenvalue weighted by atomic mass is 32.2. The third kappa shape index (κ3) is 9.44. The van der Waals surface area contributed by atoms with Gasteiger partial charge in [-0.2, -0.15) is 47.2 Å². The lowest BCUT2D eigenvalue weighted by molar-refractivity contribution is -0.541. The van der Waals surface area contributed by atoms with Gasteiger partial charge in [-0.1, -0.05) is 30.4 Å². The van der Waals surface area contributed by atoms with Crippen molar-refractivity contribution in [2.24, 2.45) is 10.2 Å². The van der Waals surface area contributed by atoms with E-state index in [-0.39, 0.29) is 49.7 Å². The van der Waals surface area contributed by atoms with Gasteiger partial charge in [-0.05, 0) is 82.6 Å². The molecule has 6 aromatic carbocycles. The SMILES string of the molecule is Nc1ccc2cc(S(=O)(=O)O)c(N=Nc3ccc(C=Cc4ccc(N[NH2+]c5c(S(=O)(=O)O)cc6cc(S(=O)(=O)O)cc(N)c6c5O)cc4S(=O)(=O)O)c(S(=O)(=O)O)c3)c(O)c2c1. The highest BCUT2D eigenvalue weighted by Crippen LogP contribution is 2.43. The second-order valence-corrected chi connectivity index (χ2v) is 20.0. The van der Waals surface area contributed by atoms with Crippen LogP contribution in [0.5, 0.6) is 11.5 Å². The molecule has 0 spiro atoms. The largest absolute Gasteiger partial charge is 0.505 e. The minimum absolute atomic E-state index is 0.0268. The van der Waals surface area contributed by atoms with E-state index in [0.29, 0.717) is 0 Å². The van der Waals surface area contributed by atoms with E-state index in [4.69, 9.17) is 11.5 Å². The predicted molar refractivity (Wildman–Crippen MR) is 220 cm³/mol. The molecule has 0 unspecified atom stereocenters. The standard InChI is InChI=1S/C34H28N6O17S5/c35-20-6-3-18-10-28(61(52,53)54)31(33(41)24(18)12-20)39-37-21-7-4-16(26(13-21)59(46,47)48)1-2-17-5-8-22(14-27(17)60(49,50)51)38-40-32-29(62(55,56)57)11-19-9-23(58(43,44)45)15-25(36)30(19)34(32)42/h1-15,38,40-42H,35-36H2,(H,43,44,45)(H,46,47,48)(H,49,50,51)(H,52,53,54)(H,55,56,57)/p+1. The van der Waals surface area contributed by atoms with Gasteiger partial charge in [0.15, 0.2) is 16.4 Å². The van der Waals surface area contributed by atoms with Gasteiger partial charge >= 0.3 is 10.1 Å². The summed E-state index contributed by atoms with van der Waals surface area (Å²) in [5.74, 6) is -1.66. The Kier molecular flexibility index (Phi) is 11.6. The smallest absolute Gasteiger partial charge is 0.300 e. The van der Waals surface area contributed by atoms with E-state index in [1.54, 1.807) is 0 Å². The fourth-order valence-corrected chi connectivity index (χ4v) is 9.38. The summed E-state index contributed by atoms with van der Waals surface area (Å²) in [6.45, 7) is 0. The molecule has 0 saturated carbocycles. The van der Waals surface area contributed by atoms with Gasteiger partial charge in [-0.3, -0.25) is 22.8 Å². The number of benzene rings is 6. The number of azo groups is 1. The lowest BCUT2D eigenvalue weighted by atomic mass is 10.1. The van der Waals surface area contributed by atoms with Crippen molar-refractivity contribution in [2.75, 3.05) is 16.9 Å². The fourth-order valence-electron chi connectivity index (χ4n) is 6.04. The van der Waals surface area contributed by atoms with Crippen LogP contribution in [0.1, 0.15) is 11.1 Å². The third-order valence-electron chi connectivity index (χ3n) is 8.80. The Morgan fingerprint density at radius 1 is 0.548 bits per heavy atom. The van der Waals surface area contributed by atoms with E-state index in [1.807, 2.05) is 0 Å². The number of nitrogens with two attached hydrogens (primary N) is 3. The first-order valence-electron chi connectivity index (χ1n) is 16.5. The van der Waals surface area contributed by atoms with Crippen LogP contribution in [0, 0.1) is 0 Å². The van der Waals surface area contributed by atoms with Crippen molar-refractivity contribution in [1.29, 1.82) is 0 Å². The second kappa shape index (κ2) is 15.9. The molecule has 326 valence electrons. The molecule has 0 radical (unpaired) electrons. The molecule has 0 amide bonds. The molecule has 0 heterocycles. The summed E-state index contributed by atoms with van der Waals surface area (Å²) in [5, 5.41) is 28.9. The van der Waals surface area contributed by atoms with Gasteiger partial charge in [0, 0.05) is 16.8 Å². The Labute approximate surface area is 350 Å². The van der Waals surface area contributed by atoms with E-state index in [0.717, 1.165) is 72.2 Å². The van der Waals surface area contributed by atoms with Gasteiger partial charge < -0.3 is 21.7 Å². The Hall–Kier alpha value is -6.31. The number of phenols is 2. The average molecular weight is 954 g/mol. The first kappa shape index (κ1) is 45.2. The first-order chi connectivity index (χ1) is 28.5. The molecule has 62 heavy (non-hydrogen) atoms. The maximum absolute atomic E-state index is 12.5. The van der Waals surface area contributed by atoms with Crippen LogP contribution in [-0.4, -0.2) is 75.1 Å². The summed E-state index contributed by atoms with van der Waals surface area (Å²) in [6.07, 6.45) is 2.01. The summed E-state index contributed by atoms with van der Waals surface area (Å²) < 4.78 is 171. The number of phenolic OH excluding ortho intramolecular Hbond substituents is 2. The van der Waals surface area contributed by atoms with Crippen LogP contribution in [-0.2, 0) is 50.6 Å². The highest BCUT2D eigenvalue weighted by molar-refractivity contribution is 7.87. The summed E-state index contributed by atoms with van der Waals surface area (Å²) in [4.78, 5) is -4.27. The molecule has 14 N–H and O–H groups in total. The number of nitrogens with one attached hydrogen (secondary N) is 1. The van der Waals surface area contributed by atoms with Gasteiger partial charge in [0.25, 0.3) is 40.5 Å². The fraction of sp³-hybridized carbons (Fsp3) is 0. The minimum Gasteiger partial charge on any atom is -0.505 e. The number of fused-ring (bicyclic) bond motifs is 2. The normalized spacial score (nSPS) is 13.1. The van der Waals surface area contributed by atoms with E-state index in [1.165, 1.54) is 24.3 Å². The van der Waals surface area contributed by atoms with Gasteiger partial charge in [0.1, 0.15) is 20.4 Å². The molecule has 6 aromatic rings. The molecule has 0 aliphatic rings. The third-order valence-corrected chi connectivity index (χ3v) is 13.2. The average Bonchev–Trinajstić information content (AvgIpc) is 3.14. The zero-order valence-corrected chi connectivity index (χ0v) is 34.6. The maximum atomic E-state index is 12.5. The van der Waals surface area contributed by atoms with Crippen LogP contribution in [0.15, 0.2) is 114 Å². The van der Waals surface area contributed by atoms with E-state index in [2.05, 4.69) is 15.7 Å². The van der Waals surface area contributed by atoms with Crippen molar-refractivity contribution in [1.82, 2.24) is 0 Å². The Balaban J connectivity index is 1.35. The summed E-state index contributed by atoms with van der Waals surface area (Å²) in [7, 11) is -25.3. The molecule has 6 rings (SSSR count). The molecule has 28 heteroatoms. The lowest BCUT2D eigenvalue weighted by Crippen LogP contribution is -2.83. The molecular weight excluding hydrogens is 925 g/mol. The van der Waals surface area contributed by atoms with Gasteiger partial charge in [-0.15, -0.1) is 5.11 Å². The van der Waals surface area contributed by atoms with Gasteiger partial charge in [0.05, 0.1) is 21.7 Å². The molecule has 0 aliphatic heterocycles. The van der Waals surface area contributed by atoms with Crippen LogP contribution in [0.25, 0.3) is 33.7 Å². The number of anilines is 3. The van der Waals surface area contributed by atoms with E-state index >= 15 is 0 Å². The minimum atomic E-state index is -5.18. The zero-order chi connectivity index (χ0) is 45.9. The predicted octanol–water partition coefficient (Wildman–Crippen LogP) is 3.61. The monoisotopic (exact) mass is 953 g/mol. The Bertz CT molecular complexity index is 3550. The zero-order valence-electron chi connectivity index (χ0n) is 30.5. The van der Waals surface area contributed by atoms with Crippen molar-refractivity contribution in [2.45, 2.75) is 24.5 Å². The molecule has 0 aromatic heterocycles. The number of nitrogens with zero attached hydrogens (tertiary/aromatic N) is 2. The van der Waals surface area contributed by atoms with Crippen molar-refractivity contribution in [3.05, 3.63) is 90.0 Å². The van der Waals surface area contributed by atoms with Crippen LogP contribution >= 0.6 is 0 Å². The van der Waals surface area contributed by atoms with Crippen LogP contribution in [0.3, 0.4) is 0 Å². The quantitative estimate of drug-likeness (QED) is 0.0159. The summed E-state index contributed by atoms with van der Waals surface area (Å²) >= 11 is 0. The van der Waals surface area contributed by atoms with Crippen molar-refractivity contribution in [3.63, 3.8) is 0 Å². The first-order valence-corrected chi connectivity index (χ1v) is 23.7. The van der Waals surface area contributed by atoms with Crippen LogP contribution in [0.4, 0.5) is 34.1 Å². The molecule has 0 fully saturated rings. The molecule has 0 aliphatic carbocycles. The van der Waals surface area contributed by atoms with Crippen LogP contribution in [0.2, 0.25) is 0 Å². The van der Waals surface area contributed by atoms with Crippen molar-refractivity contribution >= 4 is 118 Å². The Morgan fingerprint density at radius 2 is 1.11 bits per heavy atom. The number of rotatable bonds is 12. The number of quaternary nitrogens is 1. The van der Waals surface area contributed by atoms with Gasteiger partial charge in [0.2, 0.25) is 5.69 Å².